The topological polar surface area (TPSA) is 55.3 Å². The summed E-state index contributed by atoms with van der Waals surface area (Å²) in [5, 5.41) is 2.10. The zero-order valence-electron chi connectivity index (χ0n) is 7.78. The average Bonchev–Trinajstić information content (AvgIpc) is 2.58. The lowest BCUT2D eigenvalue weighted by molar-refractivity contribution is 0.283. The van der Waals surface area contributed by atoms with Crippen LogP contribution in [0.1, 0.15) is 4.88 Å². The summed E-state index contributed by atoms with van der Waals surface area (Å²) in [4.78, 5) is 3.66. The highest BCUT2D eigenvalue weighted by Crippen LogP contribution is 2.10. The molecule has 0 spiro atoms. The first-order chi connectivity index (χ1) is 6.36. The summed E-state index contributed by atoms with van der Waals surface area (Å²) in [6.45, 7) is 4.23. The van der Waals surface area contributed by atoms with Gasteiger partial charge in [0.25, 0.3) is 0 Å². The van der Waals surface area contributed by atoms with E-state index < -0.39 is 0 Å². The maximum Gasteiger partial charge on any atom is 0.0328 e. The number of thiophene rings is 1. The largest absolute Gasteiger partial charge is 0.329 e. The second-order valence-corrected chi connectivity index (χ2v) is 3.97. The summed E-state index contributed by atoms with van der Waals surface area (Å²) in [7, 11) is 0. The van der Waals surface area contributed by atoms with Crippen LogP contribution in [0.25, 0.3) is 0 Å². The van der Waals surface area contributed by atoms with Crippen LogP contribution < -0.4 is 11.5 Å². The first kappa shape index (κ1) is 10.7. The molecule has 0 aliphatic heterocycles. The van der Waals surface area contributed by atoms with Gasteiger partial charge in [-0.05, 0) is 11.4 Å². The fraction of sp³-hybridized carbons (Fsp3) is 0.556. The van der Waals surface area contributed by atoms with Crippen molar-refractivity contribution < 1.29 is 0 Å². The van der Waals surface area contributed by atoms with Crippen molar-refractivity contribution in [3.8, 4) is 0 Å². The van der Waals surface area contributed by atoms with E-state index in [0.717, 1.165) is 19.6 Å². The Kier molecular flexibility index (Phi) is 5.00. The van der Waals surface area contributed by atoms with E-state index in [9.17, 15) is 0 Å². The third-order valence-corrected chi connectivity index (χ3v) is 2.71. The maximum atomic E-state index is 5.51. The van der Waals surface area contributed by atoms with Gasteiger partial charge in [0.15, 0.2) is 0 Å². The van der Waals surface area contributed by atoms with Gasteiger partial charge in [0, 0.05) is 37.6 Å². The van der Waals surface area contributed by atoms with Crippen LogP contribution in [-0.2, 0) is 6.54 Å². The van der Waals surface area contributed by atoms with Gasteiger partial charge in [-0.25, -0.2) is 0 Å². The molecule has 0 bridgehead atoms. The molecule has 0 fully saturated rings. The molecule has 0 amide bonds. The lowest BCUT2D eigenvalue weighted by Crippen LogP contribution is -2.33. The molecule has 0 aromatic carbocycles. The number of hydrogen-bond acceptors (Lipinski definition) is 4. The van der Waals surface area contributed by atoms with E-state index in [-0.39, 0.29) is 0 Å². The van der Waals surface area contributed by atoms with Crippen molar-refractivity contribution in [2.75, 3.05) is 26.2 Å². The number of nitrogens with two attached hydrogens (primary N) is 2. The van der Waals surface area contributed by atoms with E-state index in [4.69, 9.17) is 11.5 Å². The van der Waals surface area contributed by atoms with Crippen molar-refractivity contribution in [1.29, 1.82) is 0 Å². The van der Waals surface area contributed by atoms with Crippen LogP contribution in [0.3, 0.4) is 0 Å². The van der Waals surface area contributed by atoms with Crippen LogP contribution in [0.4, 0.5) is 0 Å². The lowest BCUT2D eigenvalue weighted by atomic mass is 10.4. The minimum absolute atomic E-state index is 0.700. The third kappa shape index (κ3) is 3.87. The maximum absolute atomic E-state index is 5.51. The first-order valence-corrected chi connectivity index (χ1v) is 5.39. The molecule has 0 aliphatic carbocycles. The Balaban J connectivity index is 2.37. The summed E-state index contributed by atoms with van der Waals surface area (Å²) >= 11 is 1.78. The van der Waals surface area contributed by atoms with E-state index >= 15 is 0 Å². The Hall–Kier alpha value is -0.420. The Morgan fingerprint density at radius 1 is 1.23 bits per heavy atom. The molecule has 1 rings (SSSR count). The van der Waals surface area contributed by atoms with Crippen LogP contribution in [-0.4, -0.2) is 31.1 Å². The summed E-state index contributed by atoms with van der Waals surface area (Å²) in [5.74, 6) is 0. The van der Waals surface area contributed by atoms with E-state index in [1.54, 1.807) is 11.3 Å². The van der Waals surface area contributed by atoms with Gasteiger partial charge in [-0.2, -0.15) is 0 Å². The highest BCUT2D eigenvalue weighted by molar-refractivity contribution is 7.09. The first-order valence-electron chi connectivity index (χ1n) is 4.51. The summed E-state index contributed by atoms with van der Waals surface area (Å²) in [6, 6.07) is 4.22. The molecule has 3 nitrogen and oxygen atoms in total. The van der Waals surface area contributed by atoms with E-state index in [1.165, 1.54) is 4.88 Å². The van der Waals surface area contributed by atoms with Crippen LogP contribution in [0.5, 0.6) is 0 Å². The minimum atomic E-state index is 0.700. The molecule has 4 heteroatoms. The van der Waals surface area contributed by atoms with Crippen molar-refractivity contribution in [1.82, 2.24) is 4.90 Å². The number of rotatable bonds is 6. The van der Waals surface area contributed by atoms with Gasteiger partial charge in [-0.1, -0.05) is 6.07 Å². The van der Waals surface area contributed by atoms with E-state index in [0.29, 0.717) is 13.1 Å². The Labute approximate surface area is 83.3 Å². The predicted molar refractivity (Wildman–Crippen MR) is 57.7 cm³/mol. The van der Waals surface area contributed by atoms with Crippen molar-refractivity contribution in [3.63, 3.8) is 0 Å². The van der Waals surface area contributed by atoms with E-state index in [2.05, 4.69) is 22.4 Å². The lowest BCUT2D eigenvalue weighted by Gasteiger charge is -2.19. The van der Waals surface area contributed by atoms with Crippen molar-refractivity contribution in [2.24, 2.45) is 11.5 Å². The van der Waals surface area contributed by atoms with Crippen molar-refractivity contribution >= 4 is 11.3 Å². The zero-order chi connectivity index (χ0) is 9.52. The molecular weight excluding hydrogens is 182 g/mol. The molecule has 1 aromatic heterocycles. The van der Waals surface area contributed by atoms with Gasteiger partial charge in [-0.3, -0.25) is 4.90 Å². The molecule has 1 heterocycles. The molecule has 4 N–H and O–H groups in total. The van der Waals surface area contributed by atoms with Gasteiger partial charge in [-0.15, -0.1) is 11.3 Å². The van der Waals surface area contributed by atoms with Gasteiger partial charge >= 0.3 is 0 Å². The smallest absolute Gasteiger partial charge is 0.0328 e. The van der Waals surface area contributed by atoms with Crippen molar-refractivity contribution in [3.05, 3.63) is 22.4 Å². The van der Waals surface area contributed by atoms with Crippen LogP contribution in [0.2, 0.25) is 0 Å². The fourth-order valence-electron chi connectivity index (χ4n) is 1.26. The molecule has 0 radical (unpaired) electrons. The summed E-state index contributed by atoms with van der Waals surface area (Å²) < 4.78 is 0. The predicted octanol–water partition coefficient (Wildman–Crippen LogP) is 0.468. The number of nitrogens with zero attached hydrogens (tertiary/aromatic N) is 1. The van der Waals surface area contributed by atoms with Crippen LogP contribution in [0.15, 0.2) is 17.5 Å². The molecule has 13 heavy (non-hydrogen) atoms. The third-order valence-electron chi connectivity index (χ3n) is 1.85. The van der Waals surface area contributed by atoms with Gasteiger partial charge in [0.05, 0.1) is 0 Å². The average molecular weight is 199 g/mol. The van der Waals surface area contributed by atoms with Crippen LogP contribution >= 0.6 is 11.3 Å². The van der Waals surface area contributed by atoms with E-state index in [1.807, 2.05) is 0 Å². The molecule has 74 valence electrons. The second-order valence-electron chi connectivity index (χ2n) is 2.93. The molecule has 0 aliphatic rings. The normalized spacial score (nSPS) is 11.0. The van der Waals surface area contributed by atoms with Gasteiger partial charge in [0.1, 0.15) is 0 Å². The second kappa shape index (κ2) is 6.10. The molecule has 0 atom stereocenters. The van der Waals surface area contributed by atoms with Crippen molar-refractivity contribution in [2.45, 2.75) is 6.54 Å². The summed E-state index contributed by atoms with van der Waals surface area (Å²) in [6.07, 6.45) is 0. The minimum Gasteiger partial charge on any atom is -0.329 e. The van der Waals surface area contributed by atoms with Crippen LogP contribution in [0, 0.1) is 0 Å². The number of hydrogen-bond donors (Lipinski definition) is 2. The molecule has 0 unspecified atom stereocenters. The highest BCUT2D eigenvalue weighted by atomic mass is 32.1. The molecular formula is C9H17N3S. The van der Waals surface area contributed by atoms with Gasteiger partial charge in [0.2, 0.25) is 0 Å². The SMILES string of the molecule is NCCN(CCN)Cc1cccs1. The molecule has 0 saturated carbocycles. The summed E-state index contributed by atoms with van der Waals surface area (Å²) in [5.41, 5.74) is 11.0. The monoisotopic (exact) mass is 199 g/mol. The standard InChI is InChI=1S/C9H17N3S/c10-3-5-12(6-4-11)8-9-2-1-7-13-9/h1-2,7H,3-6,8,10-11H2. The Morgan fingerprint density at radius 3 is 2.38 bits per heavy atom. The Bertz CT molecular complexity index is 205. The highest BCUT2D eigenvalue weighted by Gasteiger charge is 2.03. The molecule has 0 saturated heterocycles. The quantitative estimate of drug-likeness (QED) is 0.700. The fourth-order valence-corrected chi connectivity index (χ4v) is 2.00. The molecule has 1 aromatic rings. The zero-order valence-corrected chi connectivity index (χ0v) is 8.59. The Morgan fingerprint density at radius 2 is 1.92 bits per heavy atom. The van der Waals surface area contributed by atoms with Gasteiger partial charge < -0.3 is 11.5 Å².